The van der Waals surface area contributed by atoms with Gasteiger partial charge in [-0.25, -0.2) is 0 Å². The average molecular weight is 289 g/mol. The Morgan fingerprint density at radius 2 is 2.20 bits per heavy atom. The fraction of sp³-hybridized carbons (Fsp3) is 0.154. The molecule has 0 radical (unpaired) electrons. The maximum Gasteiger partial charge on any atom is 0.393 e. The minimum Gasteiger partial charge on any atom is -0.432 e. The number of aryl methyl sites for hydroxylation is 1. The highest BCUT2D eigenvalue weighted by molar-refractivity contribution is 7.15. The predicted octanol–water partition coefficient (Wildman–Crippen LogP) is 3.71. The molecule has 0 aliphatic heterocycles. The standard InChI is InChI=1S/C13H11N3O3S/c1-8-4-3-5-10(9(8)2)19-11-12(16(17)18)15-6-7-20-13(15)14-11/h3-7H,1-2H3. The summed E-state index contributed by atoms with van der Waals surface area (Å²) in [4.78, 5) is 15.4. The van der Waals surface area contributed by atoms with Crippen LogP contribution in [0.15, 0.2) is 29.8 Å². The van der Waals surface area contributed by atoms with Gasteiger partial charge in [0.15, 0.2) is 0 Å². The van der Waals surface area contributed by atoms with E-state index in [0.29, 0.717) is 10.7 Å². The summed E-state index contributed by atoms with van der Waals surface area (Å²) in [5.41, 5.74) is 2.00. The van der Waals surface area contributed by atoms with Crippen molar-refractivity contribution in [3.8, 4) is 11.6 Å². The molecule has 0 fully saturated rings. The molecule has 0 atom stereocenters. The van der Waals surface area contributed by atoms with Crippen LogP contribution in [0.25, 0.3) is 4.96 Å². The number of nitrogens with zero attached hydrogens (tertiary/aromatic N) is 3. The molecule has 0 aliphatic rings. The lowest BCUT2D eigenvalue weighted by molar-refractivity contribution is -0.391. The maximum atomic E-state index is 11.2. The van der Waals surface area contributed by atoms with E-state index < -0.39 is 4.92 Å². The first kappa shape index (κ1) is 12.6. The van der Waals surface area contributed by atoms with Crippen molar-refractivity contribution < 1.29 is 9.66 Å². The maximum absolute atomic E-state index is 11.2. The molecule has 6 nitrogen and oxygen atoms in total. The van der Waals surface area contributed by atoms with E-state index in [0.717, 1.165) is 11.1 Å². The molecular formula is C13H11N3O3S. The third-order valence-corrected chi connectivity index (χ3v) is 3.90. The van der Waals surface area contributed by atoms with Crippen molar-refractivity contribution in [2.24, 2.45) is 0 Å². The van der Waals surface area contributed by atoms with Gasteiger partial charge in [-0.2, -0.15) is 9.38 Å². The predicted molar refractivity (Wildman–Crippen MR) is 75.7 cm³/mol. The summed E-state index contributed by atoms with van der Waals surface area (Å²) in [6.07, 6.45) is 1.61. The smallest absolute Gasteiger partial charge is 0.393 e. The number of nitro groups is 1. The van der Waals surface area contributed by atoms with E-state index in [2.05, 4.69) is 4.98 Å². The molecule has 1 aromatic carbocycles. The van der Waals surface area contributed by atoms with Crippen LogP contribution < -0.4 is 4.74 Å². The number of ether oxygens (including phenoxy) is 1. The summed E-state index contributed by atoms with van der Waals surface area (Å²) in [5, 5.41) is 13.0. The van der Waals surface area contributed by atoms with Crippen LogP contribution in [0.1, 0.15) is 11.1 Å². The first-order valence-corrected chi connectivity index (χ1v) is 6.80. The first-order chi connectivity index (χ1) is 9.58. The van der Waals surface area contributed by atoms with Crippen LogP contribution in [0.3, 0.4) is 0 Å². The first-order valence-electron chi connectivity index (χ1n) is 5.92. The minimum absolute atomic E-state index is 0.0237. The van der Waals surface area contributed by atoms with Gasteiger partial charge >= 0.3 is 11.7 Å². The molecule has 0 amide bonds. The number of hydrogen-bond acceptors (Lipinski definition) is 5. The minimum atomic E-state index is -0.479. The van der Waals surface area contributed by atoms with Crippen molar-refractivity contribution in [3.63, 3.8) is 0 Å². The fourth-order valence-corrected chi connectivity index (χ4v) is 2.63. The van der Waals surface area contributed by atoms with Gasteiger partial charge in [0.25, 0.3) is 4.96 Å². The highest BCUT2D eigenvalue weighted by atomic mass is 32.1. The molecular weight excluding hydrogens is 278 g/mol. The number of thiazole rings is 1. The number of fused-ring (bicyclic) bond motifs is 1. The Labute approximate surface area is 118 Å². The number of benzene rings is 1. The Bertz CT molecular complexity index is 806. The summed E-state index contributed by atoms with van der Waals surface area (Å²) < 4.78 is 7.08. The van der Waals surface area contributed by atoms with Crippen LogP contribution in [0, 0.1) is 24.0 Å². The van der Waals surface area contributed by atoms with E-state index in [1.54, 1.807) is 17.6 Å². The van der Waals surface area contributed by atoms with Crippen molar-refractivity contribution in [1.82, 2.24) is 9.38 Å². The topological polar surface area (TPSA) is 69.7 Å². The number of hydrogen-bond donors (Lipinski definition) is 0. The van der Waals surface area contributed by atoms with Gasteiger partial charge in [0.2, 0.25) is 0 Å². The van der Waals surface area contributed by atoms with E-state index in [4.69, 9.17) is 4.74 Å². The molecule has 2 heterocycles. The summed E-state index contributed by atoms with van der Waals surface area (Å²) in [7, 11) is 0. The Morgan fingerprint density at radius 3 is 2.95 bits per heavy atom. The van der Waals surface area contributed by atoms with Crippen LogP contribution in [0.5, 0.6) is 11.6 Å². The van der Waals surface area contributed by atoms with Crippen LogP contribution in [0.4, 0.5) is 5.82 Å². The van der Waals surface area contributed by atoms with Crippen LogP contribution >= 0.6 is 11.3 Å². The molecule has 0 bridgehead atoms. The second-order valence-electron chi connectivity index (χ2n) is 4.35. The fourth-order valence-electron chi connectivity index (χ4n) is 1.93. The zero-order valence-corrected chi connectivity index (χ0v) is 11.7. The van der Waals surface area contributed by atoms with Crippen molar-refractivity contribution in [2.45, 2.75) is 13.8 Å². The van der Waals surface area contributed by atoms with Gasteiger partial charge < -0.3 is 14.9 Å². The lowest BCUT2D eigenvalue weighted by Gasteiger charge is -2.07. The molecule has 0 spiro atoms. The number of imidazole rings is 1. The Balaban J connectivity index is 2.10. The summed E-state index contributed by atoms with van der Waals surface area (Å²) in [6.45, 7) is 3.87. The third kappa shape index (κ3) is 1.92. The quantitative estimate of drug-likeness (QED) is 0.544. The highest BCUT2D eigenvalue weighted by Crippen LogP contribution is 2.34. The zero-order valence-electron chi connectivity index (χ0n) is 10.9. The van der Waals surface area contributed by atoms with Gasteiger partial charge in [-0.1, -0.05) is 23.5 Å². The van der Waals surface area contributed by atoms with E-state index >= 15 is 0 Å². The van der Waals surface area contributed by atoms with Crippen molar-refractivity contribution in [1.29, 1.82) is 0 Å². The summed E-state index contributed by atoms with van der Waals surface area (Å²) >= 11 is 1.33. The van der Waals surface area contributed by atoms with Gasteiger partial charge in [0.1, 0.15) is 11.9 Å². The van der Waals surface area contributed by atoms with Gasteiger partial charge in [0, 0.05) is 5.38 Å². The van der Waals surface area contributed by atoms with Gasteiger partial charge in [-0.3, -0.25) is 0 Å². The number of aromatic nitrogens is 2. The lowest BCUT2D eigenvalue weighted by atomic mass is 10.1. The van der Waals surface area contributed by atoms with Crippen molar-refractivity contribution in [3.05, 3.63) is 51.0 Å². The van der Waals surface area contributed by atoms with E-state index in [1.807, 2.05) is 26.0 Å². The molecule has 2 aromatic heterocycles. The highest BCUT2D eigenvalue weighted by Gasteiger charge is 2.26. The number of rotatable bonds is 3. The van der Waals surface area contributed by atoms with Gasteiger partial charge in [-0.15, -0.1) is 0 Å². The lowest BCUT2D eigenvalue weighted by Crippen LogP contribution is -1.96. The average Bonchev–Trinajstić information content (AvgIpc) is 2.94. The summed E-state index contributed by atoms with van der Waals surface area (Å²) in [5.74, 6) is 0.455. The van der Waals surface area contributed by atoms with Crippen LogP contribution in [-0.2, 0) is 0 Å². The zero-order chi connectivity index (χ0) is 14.3. The third-order valence-electron chi connectivity index (χ3n) is 3.14. The molecule has 20 heavy (non-hydrogen) atoms. The molecule has 0 aliphatic carbocycles. The molecule has 102 valence electrons. The van der Waals surface area contributed by atoms with Gasteiger partial charge in [0.05, 0.1) is 0 Å². The molecule has 0 unspecified atom stereocenters. The largest absolute Gasteiger partial charge is 0.432 e. The molecule has 7 heteroatoms. The second-order valence-corrected chi connectivity index (χ2v) is 5.23. The molecule has 0 saturated heterocycles. The molecule has 0 N–H and O–H groups in total. The van der Waals surface area contributed by atoms with E-state index in [9.17, 15) is 10.1 Å². The Morgan fingerprint density at radius 1 is 1.40 bits per heavy atom. The molecule has 3 rings (SSSR count). The SMILES string of the molecule is Cc1cccc(Oc2nc3sccn3c2[N+](=O)[O-])c1C. The Hall–Kier alpha value is -2.41. The second kappa shape index (κ2) is 4.61. The normalized spacial score (nSPS) is 10.9. The van der Waals surface area contributed by atoms with E-state index in [1.165, 1.54) is 15.7 Å². The molecule has 3 aromatic rings. The molecule has 0 saturated carbocycles. The van der Waals surface area contributed by atoms with Crippen molar-refractivity contribution >= 4 is 22.1 Å². The van der Waals surface area contributed by atoms with Crippen LogP contribution in [-0.4, -0.2) is 14.3 Å². The van der Waals surface area contributed by atoms with Crippen LogP contribution in [0.2, 0.25) is 0 Å². The summed E-state index contributed by atoms with van der Waals surface area (Å²) in [6, 6.07) is 5.59. The van der Waals surface area contributed by atoms with E-state index in [-0.39, 0.29) is 11.7 Å². The van der Waals surface area contributed by atoms with Crippen molar-refractivity contribution in [2.75, 3.05) is 0 Å². The van der Waals surface area contributed by atoms with Gasteiger partial charge in [-0.05, 0) is 36.0 Å². The Kier molecular flexibility index (Phi) is 2.90. The monoisotopic (exact) mass is 289 g/mol.